The fourth-order valence-electron chi connectivity index (χ4n) is 2.07. The summed E-state index contributed by atoms with van der Waals surface area (Å²) in [6.45, 7) is 7.18. The molecule has 0 bridgehead atoms. The van der Waals surface area contributed by atoms with Crippen molar-refractivity contribution in [3.8, 4) is 0 Å². The van der Waals surface area contributed by atoms with Crippen molar-refractivity contribution >= 4 is 27.9 Å². The summed E-state index contributed by atoms with van der Waals surface area (Å²) < 4.78 is 26.8. The molecule has 2 amide bonds. The van der Waals surface area contributed by atoms with Gasteiger partial charge in [0.1, 0.15) is 6.04 Å². The van der Waals surface area contributed by atoms with Crippen molar-refractivity contribution in [2.45, 2.75) is 40.2 Å². The summed E-state index contributed by atoms with van der Waals surface area (Å²) in [7, 11) is -3.83. The van der Waals surface area contributed by atoms with Gasteiger partial charge in [-0.1, -0.05) is 58.0 Å². The Morgan fingerprint density at radius 3 is 2.19 bits per heavy atom. The summed E-state index contributed by atoms with van der Waals surface area (Å²) in [4.78, 5) is 23.9. The molecule has 0 unspecified atom stereocenters. The molecule has 0 aliphatic heterocycles. The van der Waals surface area contributed by atoms with E-state index in [0.717, 1.165) is 11.0 Å². The number of hydrogen-bond acceptors (Lipinski definition) is 4. The Morgan fingerprint density at radius 2 is 1.65 bits per heavy atom. The molecule has 7 nitrogen and oxygen atoms in total. The smallest absolute Gasteiger partial charge is 0.256 e. The number of amides is 2. The van der Waals surface area contributed by atoms with E-state index in [1.807, 2.05) is 19.9 Å². The van der Waals surface area contributed by atoms with Gasteiger partial charge in [0.15, 0.2) is 0 Å². The average Bonchev–Trinajstić information content (AvgIpc) is 2.56. The second-order valence-corrected chi connectivity index (χ2v) is 8.33. The van der Waals surface area contributed by atoms with E-state index < -0.39 is 22.0 Å². The predicted molar refractivity (Wildman–Crippen MR) is 102 cm³/mol. The maximum absolute atomic E-state index is 12.3. The Kier molecular flexibility index (Phi) is 8.47. The van der Waals surface area contributed by atoms with Crippen molar-refractivity contribution in [1.29, 1.82) is 0 Å². The maximum atomic E-state index is 12.3. The zero-order valence-corrected chi connectivity index (χ0v) is 16.3. The molecular formula is C18H27N3O4S. The summed E-state index contributed by atoms with van der Waals surface area (Å²) in [6.07, 6.45) is 1.71. The molecule has 0 saturated heterocycles. The van der Waals surface area contributed by atoms with Crippen molar-refractivity contribution in [2.75, 3.05) is 0 Å². The summed E-state index contributed by atoms with van der Waals surface area (Å²) in [5.74, 6) is -1.11. The molecule has 1 atom stereocenters. The van der Waals surface area contributed by atoms with E-state index in [1.165, 1.54) is 6.08 Å². The molecule has 144 valence electrons. The van der Waals surface area contributed by atoms with Crippen molar-refractivity contribution < 1.29 is 18.0 Å². The third-order valence-electron chi connectivity index (χ3n) is 3.40. The zero-order chi connectivity index (χ0) is 19.7. The minimum atomic E-state index is -3.83. The number of nitrogens with one attached hydrogen (secondary N) is 3. The van der Waals surface area contributed by atoms with Crippen LogP contribution in [0.5, 0.6) is 0 Å². The second kappa shape index (κ2) is 10.1. The van der Waals surface area contributed by atoms with Crippen molar-refractivity contribution in [3.63, 3.8) is 0 Å². The van der Waals surface area contributed by atoms with Crippen LogP contribution in [0.25, 0.3) is 6.08 Å². The van der Waals surface area contributed by atoms with Crippen LogP contribution < -0.4 is 15.6 Å². The van der Waals surface area contributed by atoms with Crippen LogP contribution in [-0.2, 0) is 19.6 Å². The largest absolute Gasteiger partial charge is 0.273 e. The van der Waals surface area contributed by atoms with Crippen molar-refractivity contribution in [1.82, 2.24) is 15.6 Å². The molecule has 0 spiro atoms. The van der Waals surface area contributed by atoms with Gasteiger partial charge in [0, 0.05) is 11.8 Å². The van der Waals surface area contributed by atoms with E-state index in [-0.39, 0.29) is 24.2 Å². The van der Waals surface area contributed by atoms with E-state index >= 15 is 0 Å². The molecule has 0 heterocycles. The molecule has 8 heteroatoms. The average molecular weight is 381 g/mol. The minimum Gasteiger partial charge on any atom is -0.273 e. The first-order valence-corrected chi connectivity index (χ1v) is 9.99. The normalized spacial score (nSPS) is 13.2. The second-order valence-electron chi connectivity index (χ2n) is 6.73. The lowest BCUT2D eigenvalue weighted by Gasteiger charge is -2.21. The molecule has 0 saturated carbocycles. The van der Waals surface area contributed by atoms with Crippen LogP contribution in [0.4, 0.5) is 0 Å². The van der Waals surface area contributed by atoms with E-state index in [4.69, 9.17) is 0 Å². The Labute approximate surface area is 155 Å². The summed E-state index contributed by atoms with van der Waals surface area (Å²) >= 11 is 0. The molecule has 26 heavy (non-hydrogen) atoms. The lowest BCUT2D eigenvalue weighted by molar-refractivity contribution is -0.130. The molecule has 1 rings (SSSR count). The highest BCUT2D eigenvalue weighted by atomic mass is 32.2. The maximum Gasteiger partial charge on any atom is 0.256 e. The van der Waals surface area contributed by atoms with Gasteiger partial charge in [-0.15, -0.1) is 0 Å². The minimum absolute atomic E-state index is 0.148. The zero-order valence-electron chi connectivity index (χ0n) is 15.5. The molecule has 1 aromatic carbocycles. The summed E-state index contributed by atoms with van der Waals surface area (Å²) in [6, 6.07) is 7.94. The lowest BCUT2D eigenvalue weighted by atomic mass is 10.1. The van der Waals surface area contributed by atoms with Gasteiger partial charge in [-0.3, -0.25) is 20.4 Å². The number of carbonyl (C=O) groups is 2. The summed E-state index contributed by atoms with van der Waals surface area (Å²) in [5.41, 5.74) is 5.30. The third kappa shape index (κ3) is 8.26. The van der Waals surface area contributed by atoms with Crippen LogP contribution >= 0.6 is 0 Å². The highest BCUT2D eigenvalue weighted by Crippen LogP contribution is 2.07. The lowest BCUT2D eigenvalue weighted by Crippen LogP contribution is -2.54. The molecule has 0 radical (unpaired) electrons. The molecule has 0 aliphatic carbocycles. The van der Waals surface area contributed by atoms with Gasteiger partial charge in [-0.05, 0) is 23.5 Å². The van der Waals surface area contributed by atoms with E-state index in [2.05, 4.69) is 15.6 Å². The van der Waals surface area contributed by atoms with Crippen LogP contribution in [0.3, 0.4) is 0 Å². The Morgan fingerprint density at radius 1 is 1.04 bits per heavy atom. The van der Waals surface area contributed by atoms with Crippen LogP contribution in [0.15, 0.2) is 35.7 Å². The van der Waals surface area contributed by atoms with Crippen molar-refractivity contribution in [3.05, 3.63) is 41.3 Å². The fourth-order valence-corrected chi connectivity index (χ4v) is 3.22. The molecular weight excluding hydrogens is 354 g/mol. The van der Waals surface area contributed by atoms with Crippen LogP contribution in [0, 0.1) is 11.8 Å². The van der Waals surface area contributed by atoms with Crippen LogP contribution in [-0.4, -0.2) is 26.3 Å². The van der Waals surface area contributed by atoms with Gasteiger partial charge in [-0.2, -0.15) is 4.72 Å². The van der Waals surface area contributed by atoms with Gasteiger partial charge >= 0.3 is 0 Å². The molecule has 3 N–H and O–H groups in total. The van der Waals surface area contributed by atoms with Gasteiger partial charge in [0.25, 0.3) is 5.91 Å². The van der Waals surface area contributed by atoms with Crippen LogP contribution in [0.1, 0.15) is 39.7 Å². The standard InChI is InChI=1S/C18H27N3O4S/c1-13(2)12-16(22)19-20-18(23)17(14(3)4)21-26(24,25)11-10-15-8-6-5-7-9-15/h5-11,13-14,17,21H,12H2,1-4H3,(H,19,22)(H,20,23)/b11-10+/t17-/m0/s1. The number of sulfonamides is 1. The predicted octanol–water partition coefficient (Wildman–Crippen LogP) is 1.79. The monoisotopic (exact) mass is 381 g/mol. The number of rotatable bonds is 8. The molecule has 0 aromatic heterocycles. The Bertz CT molecular complexity index is 728. The number of carbonyl (C=O) groups excluding carboxylic acids is 2. The van der Waals surface area contributed by atoms with E-state index in [9.17, 15) is 18.0 Å². The van der Waals surface area contributed by atoms with Gasteiger partial charge < -0.3 is 0 Å². The van der Waals surface area contributed by atoms with E-state index in [0.29, 0.717) is 0 Å². The molecule has 0 aliphatic rings. The molecule has 0 fully saturated rings. The number of benzene rings is 1. The fraction of sp³-hybridized carbons (Fsp3) is 0.444. The van der Waals surface area contributed by atoms with Gasteiger partial charge in [0.2, 0.25) is 15.9 Å². The Balaban J connectivity index is 2.72. The first-order valence-electron chi connectivity index (χ1n) is 8.45. The highest BCUT2D eigenvalue weighted by molar-refractivity contribution is 7.92. The van der Waals surface area contributed by atoms with Gasteiger partial charge in [0.05, 0.1) is 0 Å². The highest BCUT2D eigenvalue weighted by Gasteiger charge is 2.26. The first-order chi connectivity index (χ1) is 12.1. The van der Waals surface area contributed by atoms with Crippen LogP contribution in [0.2, 0.25) is 0 Å². The third-order valence-corrected chi connectivity index (χ3v) is 4.48. The molecule has 1 aromatic rings. The number of hydrogen-bond donors (Lipinski definition) is 3. The SMILES string of the molecule is CC(C)CC(=O)NNC(=O)[C@@H](NS(=O)(=O)/C=C/c1ccccc1)C(C)C. The topological polar surface area (TPSA) is 104 Å². The Hall–Kier alpha value is -2.19. The number of hydrazine groups is 1. The van der Waals surface area contributed by atoms with Gasteiger partial charge in [-0.25, -0.2) is 8.42 Å². The quantitative estimate of drug-likeness (QED) is 0.597. The van der Waals surface area contributed by atoms with E-state index in [1.54, 1.807) is 38.1 Å². The first kappa shape index (κ1) is 21.9. The van der Waals surface area contributed by atoms with Crippen molar-refractivity contribution in [2.24, 2.45) is 11.8 Å². The summed E-state index contributed by atoms with van der Waals surface area (Å²) in [5, 5.41) is 1.02.